The van der Waals surface area contributed by atoms with Crippen LogP contribution in [0.3, 0.4) is 0 Å². The molecule has 3 heterocycles. The first-order valence-electron chi connectivity index (χ1n) is 11.0. The first-order valence-corrected chi connectivity index (χ1v) is 11.0. The van der Waals surface area contributed by atoms with Crippen molar-refractivity contribution in [1.82, 2.24) is 9.88 Å². The lowest BCUT2D eigenvalue weighted by atomic mass is 9.97. The van der Waals surface area contributed by atoms with Crippen molar-refractivity contribution < 1.29 is 14.3 Å². The number of hydrogen-bond donors (Lipinski definition) is 1. The summed E-state index contributed by atoms with van der Waals surface area (Å²) in [5, 5.41) is 3.62. The van der Waals surface area contributed by atoms with Crippen LogP contribution in [0.5, 0.6) is 0 Å². The number of rotatable bonds is 5. The standard InChI is InChI=1S/C24H32N4O3/c1-17-21(24(29)30-3)14-19(15-22(17)26-20-6-12-31-13-7-20)18-4-5-23(25-16-18)28-10-8-27(2)9-11-28/h4-5,14-16,20,26H,6-13H2,1-3H3. The molecule has 1 aromatic heterocycles. The predicted molar refractivity (Wildman–Crippen MR) is 123 cm³/mol. The van der Waals surface area contributed by atoms with Crippen molar-refractivity contribution >= 4 is 17.5 Å². The molecule has 2 saturated heterocycles. The number of anilines is 2. The van der Waals surface area contributed by atoms with Crippen LogP contribution in [0.4, 0.5) is 11.5 Å². The molecular formula is C24H32N4O3. The number of carbonyl (C=O) groups excluding carboxylic acids is 1. The van der Waals surface area contributed by atoms with E-state index < -0.39 is 0 Å². The molecule has 0 radical (unpaired) electrons. The van der Waals surface area contributed by atoms with Gasteiger partial charge >= 0.3 is 5.97 Å². The van der Waals surface area contributed by atoms with Crippen LogP contribution in [0.2, 0.25) is 0 Å². The molecule has 0 unspecified atom stereocenters. The molecule has 1 N–H and O–H groups in total. The Kier molecular flexibility index (Phi) is 6.73. The molecule has 0 spiro atoms. The summed E-state index contributed by atoms with van der Waals surface area (Å²) in [7, 11) is 3.57. The summed E-state index contributed by atoms with van der Waals surface area (Å²) in [4.78, 5) is 21.8. The Labute approximate surface area is 184 Å². The Morgan fingerprint density at radius 3 is 2.52 bits per heavy atom. The molecule has 2 fully saturated rings. The number of ether oxygens (including phenoxy) is 2. The van der Waals surface area contributed by atoms with Crippen molar-refractivity contribution in [2.45, 2.75) is 25.8 Å². The minimum Gasteiger partial charge on any atom is -0.465 e. The van der Waals surface area contributed by atoms with E-state index in [1.807, 2.05) is 19.2 Å². The Balaban J connectivity index is 1.61. The summed E-state index contributed by atoms with van der Waals surface area (Å²) in [5.74, 6) is 0.675. The van der Waals surface area contributed by atoms with Gasteiger partial charge in [-0.05, 0) is 62.2 Å². The zero-order chi connectivity index (χ0) is 21.8. The molecule has 2 aliphatic rings. The van der Waals surface area contributed by atoms with Crippen molar-refractivity contribution in [2.75, 3.05) is 63.8 Å². The average Bonchev–Trinajstić information content (AvgIpc) is 2.81. The molecule has 0 aliphatic carbocycles. The zero-order valence-electron chi connectivity index (χ0n) is 18.7. The summed E-state index contributed by atoms with van der Waals surface area (Å²) in [6.07, 6.45) is 3.81. The summed E-state index contributed by atoms with van der Waals surface area (Å²) in [6, 6.07) is 8.52. The maximum Gasteiger partial charge on any atom is 0.338 e. The molecule has 2 aliphatic heterocycles. The van der Waals surface area contributed by atoms with Crippen molar-refractivity contribution in [3.8, 4) is 11.1 Å². The summed E-state index contributed by atoms with van der Waals surface area (Å²) >= 11 is 0. The van der Waals surface area contributed by atoms with Crippen LogP contribution in [0, 0.1) is 6.92 Å². The van der Waals surface area contributed by atoms with Gasteiger partial charge in [-0.1, -0.05) is 0 Å². The lowest BCUT2D eigenvalue weighted by molar-refractivity contribution is 0.0600. The number of likely N-dealkylation sites (N-methyl/N-ethyl adjacent to an activating group) is 1. The highest BCUT2D eigenvalue weighted by molar-refractivity contribution is 5.95. The van der Waals surface area contributed by atoms with Crippen LogP contribution < -0.4 is 10.2 Å². The third-order valence-electron chi connectivity index (χ3n) is 6.30. The van der Waals surface area contributed by atoms with Gasteiger partial charge in [-0.3, -0.25) is 0 Å². The highest BCUT2D eigenvalue weighted by atomic mass is 16.5. The van der Waals surface area contributed by atoms with E-state index in [2.05, 4.69) is 40.4 Å². The lowest BCUT2D eigenvalue weighted by Crippen LogP contribution is -2.44. The quantitative estimate of drug-likeness (QED) is 0.740. The normalized spacial score (nSPS) is 18.1. The number of piperazine rings is 1. The van der Waals surface area contributed by atoms with Gasteiger partial charge in [0.1, 0.15) is 5.82 Å². The van der Waals surface area contributed by atoms with E-state index in [1.54, 1.807) is 0 Å². The second-order valence-electron chi connectivity index (χ2n) is 8.41. The lowest BCUT2D eigenvalue weighted by Gasteiger charge is -2.33. The number of benzene rings is 1. The highest BCUT2D eigenvalue weighted by Crippen LogP contribution is 2.31. The predicted octanol–water partition coefficient (Wildman–Crippen LogP) is 3.19. The molecule has 0 bridgehead atoms. The Hall–Kier alpha value is -2.64. The smallest absolute Gasteiger partial charge is 0.338 e. The molecule has 7 nitrogen and oxygen atoms in total. The van der Waals surface area contributed by atoms with Gasteiger partial charge in [0.15, 0.2) is 0 Å². The van der Waals surface area contributed by atoms with Crippen LogP contribution >= 0.6 is 0 Å². The van der Waals surface area contributed by atoms with Gasteiger partial charge in [-0.2, -0.15) is 0 Å². The second-order valence-corrected chi connectivity index (χ2v) is 8.41. The number of aromatic nitrogens is 1. The van der Waals surface area contributed by atoms with Gasteiger partial charge in [0.25, 0.3) is 0 Å². The van der Waals surface area contributed by atoms with Crippen LogP contribution in [-0.2, 0) is 9.47 Å². The molecule has 2 aromatic rings. The molecule has 166 valence electrons. The van der Waals surface area contributed by atoms with Crippen LogP contribution in [-0.4, -0.2) is 75.4 Å². The van der Waals surface area contributed by atoms with Crippen molar-refractivity contribution in [1.29, 1.82) is 0 Å². The summed E-state index contributed by atoms with van der Waals surface area (Å²) in [6.45, 7) is 7.55. The van der Waals surface area contributed by atoms with E-state index in [0.717, 1.165) is 80.4 Å². The van der Waals surface area contributed by atoms with E-state index in [0.29, 0.717) is 11.6 Å². The number of carbonyl (C=O) groups is 1. The van der Waals surface area contributed by atoms with Gasteiger partial charge in [0.2, 0.25) is 0 Å². The largest absolute Gasteiger partial charge is 0.465 e. The fourth-order valence-corrected chi connectivity index (χ4v) is 4.19. The third kappa shape index (κ3) is 4.99. The van der Waals surface area contributed by atoms with Crippen LogP contribution in [0.15, 0.2) is 30.5 Å². The Morgan fingerprint density at radius 2 is 1.87 bits per heavy atom. The van der Waals surface area contributed by atoms with Crippen LogP contribution in [0.1, 0.15) is 28.8 Å². The highest BCUT2D eigenvalue weighted by Gasteiger charge is 2.20. The second kappa shape index (κ2) is 9.66. The molecule has 0 atom stereocenters. The molecule has 31 heavy (non-hydrogen) atoms. The third-order valence-corrected chi connectivity index (χ3v) is 6.30. The number of esters is 1. The molecule has 0 saturated carbocycles. The first kappa shape index (κ1) is 21.6. The molecule has 1 aromatic carbocycles. The van der Waals surface area contributed by atoms with Crippen molar-refractivity contribution in [3.05, 3.63) is 41.6 Å². The van der Waals surface area contributed by atoms with Crippen molar-refractivity contribution in [2.24, 2.45) is 0 Å². The summed E-state index contributed by atoms with van der Waals surface area (Å²) < 4.78 is 10.5. The van der Waals surface area contributed by atoms with Gasteiger partial charge in [0, 0.05) is 62.9 Å². The topological polar surface area (TPSA) is 66.9 Å². The fourth-order valence-electron chi connectivity index (χ4n) is 4.19. The maximum atomic E-state index is 12.5. The summed E-state index contributed by atoms with van der Waals surface area (Å²) in [5.41, 5.74) is 4.39. The molecular weight excluding hydrogens is 392 g/mol. The number of pyridine rings is 1. The molecule has 7 heteroatoms. The average molecular weight is 425 g/mol. The van der Waals surface area contributed by atoms with E-state index in [1.165, 1.54) is 7.11 Å². The minimum absolute atomic E-state index is 0.323. The van der Waals surface area contributed by atoms with E-state index in [9.17, 15) is 4.79 Å². The monoisotopic (exact) mass is 424 g/mol. The first-order chi connectivity index (χ1) is 15.0. The number of hydrogen-bond acceptors (Lipinski definition) is 7. The number of methoxy groups -OCH3 is 1. The fraction of sp³-hybridized carbons (Fsp3) is 0.500. The zero-order valence-corrected chi connectivity index (χ0v) is 18.7. The number of nitrogens with one attached hydrogen (secondary N) is 1. The van der Waals surface area contributed by atoms with Gasteiger partial charge in [0.05, 0.1) is 12.7 Å². The van der Waals surface area contributed by atoms with Gasteiger partial charge < -0.3 is 24.6 Å². The SMILES string of the molecule is COC(=O)c1cc(-c2ccc(N3CCN(C)CC3)nc2)cc(NC2CCOCC2)c1C. The van der Waals surface area contributed by atoms with Gasteiger partial charge in [-0.15, -0.1) is 0 Å². The maximum absolute atomic E-state index is 12.5. The van der Waals surface area contributed by atoms with Crippen molar-refractivity contribution in [3.63, 3.8) is 0 Å². The Morgan fingerprint density at radius 1 is 1.13 bits per heavy atom. The van der Waals surface area contributed by atoms with E-state index >= 15 is 0 Å². The van der Waals surface area contributed by atoms with E-state index in [4.69, 9.17) is 14.5 Å². The molecule has 4 rings (SSSR count). The minimum atomic E-state index is -0.323. The number of nitrogens with zero attached hydrogens (tertiary/aromatic N) is 3. The van der Waals surface area contributed by atoms with E-state index in [-0.39, 0.29) is 5.97 Å². The van der Waals surface area contributed by atoms with Gasteiger partial charge in [-0.25, -0.2) is 9.78 Å². The molecule has 0 amide bonds. The Bertz CT molecular complexity index is 902. The van der Waals surface area contributed by atoms with Crippen LogP contribution in [0.25, 0.3) is 11.1 Å².